The van der Waals surface area contributed by atoms with Gasteiger partial charge in [-0.15, -0.1) is 0 Å². The predicted octanol–water partition coefficient (Wildman–Crippen LogP) is 2.44. The van der Waals surface area contributed by atoms with Crippen LogP contribution in [-0.2, 0) is 6.42 Å². The third-order valence-electron chi connectivity index (χ3n) is 2.81. The topological polar surface area (TPSA) is 79.3 Å². The number of para-hydroxylation sites is 1. The molecule has 4 nitrogen and oxygen atoms in total. The van der Waals surface area contributed by atoms with Gasteiger partial charge >= 0.3 is 0 Å². The number of benzene rings is 2. The molecule has 0 bridgehead atoms. The van der Waals surface area contributed by atoms with Gasteiger partial charge in [-0.3, -0.25) is 5.41 Å². The molecule has 0 fully saturated rings. The lowest BCUT2D eigenvalue weighted by atomic mass is 10.1. The van der Waals surface area contributed by atoms with Crippen molar-refractivity contribution in [3.8, 4) is 11.5 Å². The summed E-state index contributed by atoms with van der Waals surface area (Å²) in [4.78, 5) is 0. The number of nitrogen functional groups attached to an aromatic ring is 1. The van der Waals surface area contributed by atoms with Gasteiger partial charge in [-0.05, 0) is 36.2 Å². The van der Waals surface area contributed by atoms with Crippen LogP contribution < -0.4 is 10.5 Å². The molecule has 0 spiro atoms. The molecular weight excluding hydrogens is 259 g/mol. The van der Waals surface area contributed by atoms with E-state index in [1.54, 1.807) is 12.1 Å². The van der Waals surface area contributed by atoms with Gasteiger partial charge in [0.05, 0.1) is 5.56 Å². The smallest absolute Gasteiger partial charge is 0.138 e. The Hall–Kier alpha value is -2.40. The predicted molar refractivity (Wildman–Crippen MR) is 74.7 cm³/mol. The number of hydrogen-bond acceptors (Lipinski definition) is 3. The Morgan fingerprint density at radius 2 is 1.95 bits per heavy atom. The van der Waals surface area contributed by atoms with Crippen LogP contribution in [-0.4, -0.2) is 17.5 Å². The van der Waals surface area contributed by atoms with Crippen molar-refractivity contribution in [3.05, 3.63) is 59.4 Å². The Labute approximate surface area is 116 Å². The van der Waals surface area contributed by atoms with E-state index in [2.05, 4.69) is 0 Å². The average Bonchev–Trinajstić information content (AvgIpc) is 2.43. The van der Waals surface area contributed by atoms with Crippen LogP contribution in [0.15, 0.2) is 42.5 Å². The minimum absolute atomic E-state index is 0.00333. The van der Waals surface area contributed by atoms with E-state index in [1.807, 2.05) is 12.1 Å². The van der Waals surface area contributed by atoms with E-state index in [4.69, 9.17) is 21.0 Å². The van der Waals surface area contributed by atoms with Crippen molar-refractivity contribution >= 4 is 5.84 Å². The fraction of sp³-hybridized carbons (Fsp3) is 0.133. The molecule has 104 valence electrons. The molecular formula is C15H15FN2O2. The second kappa shape index (κ2) is 6.16. The largest absolute Gasteiger partial charge is 0.456 e. The molecule has 0 aliphatic heterocycles. The zero-order valence-electron chi connectivity index (χ0n) is 10.8. The summed E-state index contributed by atoms with van der Waals surface area (Å²) in [5.41, 5.74) is 6.46. The van der Waals surface area contributed by atoms with Gasteiger partial charge in [0.25, 0.3) is 0 Å². The first-order valence-electron chi connectivity index (χ1n) is 6.12. The lowest BCUT2D eigenvalue weighted by Gasteiger charge is -2.13. The first kappa shape index (κ1) is 14.0. The molecule has 0 aromatic heterocycles. The number of aliphatic hydroxyl groups excluding tert-OH is 1. The summed E-state index contributed by atoms with van der Waals surface area (Å²) in [7, 11) is 0. The van der Waals surface area contributed by atoms with Crippen molar-refractivity contribution in [1.29, 1.82) is 5.41 Å². The van der Waals surface area contributed by atoms with Gasteiger partial charge < -0.3 is 15.6 Å². The SMILES string of the molecule is N=C(N)c1cc(F)ccc1Oc1ccccc1CCO. The standard InChI is InChI=1S/C15H15FN2O2/c16-11-5-6-14(12(9-11)15(17)18)20-13-4-2-1-3-10(13)7-8-19/h1-6,9,19H,7-8H2,(H3,17,18). The lowest BCUT2D eigenvalue weighted by molar-refractivity contribution is 0.298. The Kier molecular flexibility index (Phi) is 4.32. The minimum Gasteiger partial charge on any atom is -0.456 e. The summed E-state index contributed by atoms with van der Waals surface area (Å²) >= 11 is 0. The minimum atomic E-state index is -0.480. The van der Waals surface area contributed by atoms with Crippen molar-refractivity contribution in [2.24, 2.45) is 5.73 Å². The lowest BCUT2D eigenvalue weighted by Crippen LogP contribution is -2.12. The van der Waals surface area contributed by atoms with E-state index in [0.717, 1.165) is 11.6 Å². The van der Waals surface area contributed by atoms with Gasteiger partial charge in [-0.2, -0.15) is 0 Å². The second-order valence-corrected chi connectivity index (χ2v) is 4.24. The maximum absolute atomic E-state index is 13.2. The highest BCUT2D eigenvalue weighted by Gasteiger charge is 2.11. The summed E-state index contributed by atoms with van der Waals surface area (Å²) in [6.45, 7) is 0.00333. The first-order valence-corrected chi connectivity index (χ1v) is 6.12. The number of hydrogen-bond donors (Lipinski definition) is 3. The van der Waals surface area contributed by atoms with Gasteiger partial charge in [-0.25, -0.2) is 4.39 Å². The monoisotopic (exact) mass is 274 g/mol. The van der Waals surface area contributed by atoms with Crippen LogP contribution in [0.5, 0.6) is 11.5 Å². The van der Waals surface area contributed by atoms with Crippen molar-refractivity contribution in [3.63, 3.8) is 0 Å². The molecule has 0 atom stereocenters. The molecule has 0 saturated carbocycles. The van der Waals surface area contributed by atoms with Crippen molar-refractivity contribution in [1.82, 2.24) is 0 Å². The van der Waals surface area contributed by atoms with Gasteiger partial charge in [0.1, 0.15) is 23.2 Å². The van der Waals surface area contributed by atoms with Crippen LogP contribution in [0.2, 0.25) is 0 Å². The van der Waals surface area contributed by atoms with Crippen molar-refractivity contribution in [2.45, 2.75) is 6.42 Å². The van der Waals surface area contributed by atoms with Crippen molar-refractivity contribution in [2.75, 3.05) is 6.61 Å². The van der Waals surface area contributed by atoms with Crippen LogP contribution in [0, 0.1) is 11.2 Å². The Bertz CT molecular complexity index is 629. The van der Waals surface area contributed by atoms with E-state index in [1.165, 1.54) is 12.1 Å². The molecule has 2 rings (SSSR count). The molecule has 0 aliphatic rings. The molecule has 0 unspecified atom stereocenters. The van der Waals surface area contributed by atoms with Crippen LogP contribution in [0.3, 0.4) is 0 Å². The summed E-state index contributed by atoms with van der Waals surface area (Å²) in [5.74, 6) is 0.116. The summed E-state index contributed by atoms with van der Waals surface area (Å²) in [6, 6.07) is 11.1. The first-order chi connectivity index (χ1) is 9.61. The van der Waals surface area contributed by atoms with Gasteiger partial charge in [0.2, 0.25) is 0 Å². The second-order valence-electron chi connectivity index (χ2n) is 4.24. The van der Waals surface area contributed by atoms with Gasteiger partial charge in [0, 0.05) is 6.61 Å². The normalized spacial score (nSPS) is 10.3. The molecule has 5 heteroatoms. The van der Waals surface area contributed by atoms with Crippen LogP contribution in [0.4, 0.5) is 4.39 Å². The molecule has 0 saturated heterocycles. The fourth-order valence-electron chi connectivity index (χ4n) is 1.85. The number of halogens is 1. The Balaban J connectivity index is 2.37. The highest BCUT2D eigenvalue weighted by atomic mass is 19.1. The molecule has 0 aliphatic carbocycles. The summed E-state index contributed by atoms with van der Waals surface area (Å²) in [5, 5.41) is 16.5. The van der Waals surface area contributed by atoms with Crippen LogP contribution >= 0.6 is 0 Å². The number of nitrogens with one attached hydrogen (secondary N) is 1. The van der Waals surface area contributed by atoms with Crippen LogP contribution in [0.1, 0.15) is 11.1 Å². The highest BCUT2D eigenvalue weighted by Crippen LogP contribution is 2.28. The molecule has 0 amide bonds. The van der Waals surface area contributed by atoms with E-state index in [9.17, 15) is 4.39 Å². The number of nitrogens with two attached hydrogens (primary N) is 1. The van der Waals surface area contributed by atoms with E-state index >= 15 is 0 Å². The number of aliphatic hydroxyl groups is 1. The zero-order chi connectivity index (χ0) is 14.5. The van der Waals surface area contributed by atoms with Crippen LogP contribution in [0.25, 0.3) is 0 Å². The quantitative estimate of drug-likeness (QED) is 0.578. The zero-order valence-corrected chi connectivity index (χ0v) is 10.8. The summed E-state index contributed by atoms with van der Waals surface area (Å²) in [6.07, 6.45) is 0.451. The molecule has 0 radical (unpaired) electrons. The van der Waals surface area contributed by atoms with Gasteiger partial charge in [-0.1, -0.05) is 18.2 Å². The molecule has 2 aromatic rings. The van der Waals surface area contributed by atoms with E-state index in [-0.39, 0.29) is 18.0 Å². The fourth-order valence-corrected chi connectivity index (χ4v) is 1.85. The maximum Gasteiger partial charge on any atom is 0.138 e. The van der Waals surface area contributed by atoms with Crippen molar-refractivity contribution < 1.29 is 14.2 Å². The number of amidine groups is 1. The third-order valence-corrected chi connectivity index (χ3v) is 2.81. The summed E-state index contributed by atoms with van der Waals surface area (Å²) < 4.78 is 18.9. The number of ether oxygens (including phenoxy) is 1. The molecule has 2 aromatic carbocycles. The average molecular weight is 274 g/mol. The molecule has 20 heavy (non-hydrogen) atoms. The third kappa shape index (κ3) is 3.13. The van der Waals surface area contributed by atoms with E-state index < -0.39 is 5.82 Å². The van der Waals surface area contributed by atoms with E-state index in [0.29, 0.717) is 17.9 Å². The highest BCUT2D eigenvalue weighted by molar-refractivity contribution is 5.97. The number of rotatable bonds is 5. The molecule has 4 N–H and O–H groups in total. The van der Waals surface area contributed by atoms with Gasteiger partial charge in [0.15, 0.2) is 0 Å². The molecule has 0 heterocycles. The Morgan fingerprint density at radius 1 is 1.20 bits per heavy atom. The maximum atomic E-state index is 13.2. The Morgan fingerprint density at radius 3 is 2.65 bits per heavy atom.